The third-order valence-electron chi connectivity index (χ3n) is 4.23. The number of hydrogen-bond acceptors (Lipinski definition) is 2. The molecule has 4 heteroatoms. The minimum atomic E-state index is -2.77. The van der Waals surface area contributed by atoms with Crippen LogP contribution in [0.4, 0.5) is 8.78 Å². The Morgan fingerprint density at radius 2 is 1.70 bits per heavy atom. The van der Waals surface area contributed by atoms with Crippen LogP contribution >= 0.6 is 0 Å². The molecule has 1 aliphatic carbocycles. The molecule has 1 aliphatic rings. The van der Waals surface area contributed by atoms with Crippen LogP contribution in [0.3, 0.4) is 0 Å². The van der Waals surface area contributed by atoms with E-state index in [0.29, 0.717) is 6.04 Å². The molecule has 112 valence electrons. The predicted octanol–water partition coefficient (Wildman–Crippen LogP) is 4.52. The first-order valence-electron chi connectivity index (χ1n) is 7.37. The molecule has 2 nitrogen and oxygen atoms in total. The Bertz CT molecular complexity index is 401. The quantitative estimate of drug-likeness (QED) is 0.829. The van der Waals surface area contributed by atoms with Crippen LogP contribution in [-0.2, 0) is 0 Å². The highest BCUT2D eigenvalue weighted by Crippen LogP contribution is 2.29. The molecule has 0 radical (unpaired) electrons. The number of halogens is 2. The van der Waals surface area contributed by atoms with Crippen molar-refractivity contribution in [2.45, 2.75) is 58.2 Å². The van der Waals surface area contributed by atoms with Crippen LogP contribution in [0, 0.1) is 5.92 Å². The van der Waals surface area contributed by atoms with Gasteiger partial charge in [0.2, 0.25) is 0 Å². The fourth-order valence-corrected chi connectivity index (χ4v) is 3.02. The first-order valence-corrected chi connectivity index (χ1v) is 7.37. The van der Waals surface area contributed by atoms with Gasteiger partial charge in [-0.25, -0.2) is 0 Å². The highest BCUT2D eigenvalue weighted by atomic mass is 19.3. The Hall–Kier alpha value is -1.16. The second-order valence-corrected chi connectivity index (χ2v) is 5.67. The van der Waals surface area contributed by atoms with Crippen molar-refractivity contribution >= 4 is 0 Å². The van der Waals surface area contributed by atoms with Gasteiger partial charge in [-0.15, -0.1) is 0 Å². The van der Waals surface area contributed by atoms with E-state index in [9.17, 15) is 8.78 Å². The average Bonchev–Trinajstić information content (AvgIpc) is 2.92. The summed E-state index contributed by atoms with van der Waals surface area (Å²) in [5.74, 6) is 0.971. The van der Waals surface area contributed by atoms with E-state index in [4.69, 9.17) is 0 Å². The molecule has 0 heterocycles. The Balaban J connectivity index is 1.89. The van der Waals surface area contributed by atoms with Crippen LogP contribution < -0.4 is 10.1 Å². The van der Waals surface area contributed by atoms with Crippen molar-refractivity contribution in [1.82, 2.24) is 5.32 Å². The maximum atomic E-state index is 12.1. The van der Waals surface area contributed by atoms with E-state index in [1.165, 1.54) is 25.7 Å². The van der Waals surface area contributed by atoms with Gasteiger partial charge in [-0.3, -0.25) is 0 Å². The molecule has 0 amide bonds. The lowest BCUT2D eigenvalue weighted by Crippen LogP contribution is -2.34. The number of rotatable bonds is 6. The van der Waals surface area contributed by atoms with Gasteiger partial charge in [-0.05, 0) is 50.3 Å². The molecule has 0 bridgehead atoms. The first-order chi connectivity index (χ1) is 9.56. The third kappa shape index (κ3) is 4.17. The second-order valence-electron chi connectivity index (χ2n) is 5.67. The zero-order valence-electron chi connectivity index (χ0n) is 12.1. The number of hydrogen-bond donors (Lipinski definition) is 1. The zero-order valence-corrected chi connectivity index (χ0v) is 12.1. The monoisotopic (exact) mass is 283 g/mol. The Kier molecular flexibility index (Phi) is 5.35. The van der Waals surface area contributed by atoms with E-state index in [0.717, 1.165) is 11.5 Å². The van der Waals surface area contributed by atoms with E-state index < -0.39 is 6.61 Å². The summed E-state index contributed by atoms with van der Waals surface area (Å²) in [4.78, 5) is 0. The van der Waals surface area contributed by atoms with Crippen LogP contribution in [0.1, 0.15) is 51.1 Å². The number of alkyl halides is 2. The van der Waals surface area contributed by atoms with Crippen LogP contribution in [0.5, 0.6) is 5.75 Å². The lowest BCUT2D eigenvalue weighted by Gasteiger charge is -2.25. The summed E-state index contributed by atoms with van der Waals surface area (Å²) in [5.41, 5.74) is 1.09. The minimum Gasteiger partial charge on any atom is -0.435 e. The number of ether oxygens (including phenoxy) is 1. The summed E-state index contributed by atoms with van der Waals surface area (Å²) in [5, 5.41) is 3.61. The maximum absolute atomic E-state index is 12.1. The standard InChI is InChI=1S/C16H23F2NO/c1-11(13-5-3-4-6-13)19-12(2)14-7-9-15(10-8-14)20-16(17)18/h7-13,16,19H,3-6H2,1-2H3. The molecule has 0 aromatic heterocycles. The SMILES string of the molecule is CC(NC(C)C1CCCC1)c1ccc(OC(F)F)cc1. The molecule has 0 saturated heterocycles. The summed E-state index contributed by atoms with van der Waals surface area (Å²) in [7, 11) is 0. The van der Waals surface area contributed by atoms with Gasteiger partial charge in [-0.1, -0.05) is 25.0 Å². The van der Waals surface area contributed by atoms with Crippen LogP contribution in [0.2, 0.25) is 0 Å². The van der Waals surface area contributed by atoms with E-state index in [1.807, 2.05) is 12.1 Å². The van der Waals surface area contributed by atoms with Gasteiger partial charge in [0.05, 0.1) is 0 Å². The molecule has 1 fully saturated rings. The highest BCUT2D eigenvalue weighted by Gasteiger charge is 2.22. The largest absolute Gasteiger partial charge is 0.435 e. The van der Waals surface area contributed by atoms with Gasteiger partial charge in [0, 0.05) is 12.1 Å². The predicted molar refractivity (Wildman–Crippen MR) is 76.0 cm³/mol. The molecule has 2 rings (SSSR count). The smallest absolute Gasteiger partial charge is 0.387 e. The molecular weight excluding hydrogens is 260 g/mol. The molecular formula is C16H23F2NO. The molecule has 2 unspecified atom stereocenters. The summed E-state index contributed by atoms with van der Waals surface area (Å²) in [6.45, 7) is 1.58. The number of benzene rings is 1. The first kappa shape index (κ1) is 15.2. The average molecular weight is 283 g/mol. The maximum Gasteiger partial charge on any atom is 0.387 e. The van der Waals surface area contributed by atoms with E-state index in [2.05, 4.69) is 23.9 Å². The van der Waals surface area contributed by atoms with Gasteiger partial charge in [-0.2, -0.15) is 8.78 Å². The Morgan fingerprint density at radius 1 is 1.10 bits per heavy atom. The van der Waals surface area contributed by atoms with Crippen molar-refractivity contribution in [2.24, 2.45) is 5.92 Å². The third-order valence-corrected chi connectivity index (χ3v) is 4.23. The molecule has 0 aliphatic heterocycles. The molecule has 20 heavy (non-hydrogen) atoms. The summed E-state index contributed by atoms with van der Waals surface area (Å²) >= 11 is 0. The lowest BCUT2D eigenvalue weighted by molar-refractivity contribution is -0.0498. The molecule has 0 spiro atoms. The highest BCUT2D eigenvalue weighted by molar-refractivity contribution is 5.29. The van der Waals surface area contributed by atoms with Gasteiger partial charge in [0.15, 0.2) is 0 Å². The van der Waals surface area contributed by atoms with Crippen molar-refractivity contribution in [3.63, 3.8) is 0 Å². The van der Waals surface area contributed by atoms with Crippen LogP contribution in [-0.4, -0.2) is 12.7 Å². The van der Waals surface area contributed by atoms with Crippen molar-refractivity contribution in [3.8, 4) is 5.75 Å². The van der Waals surface area contributed by atoms with Gasteiger partial charge >= 0.3 is 6.61 Å². The fraction of sp³-hybridized carbons (Fsp3) is 0.625. The normalized spacial score (nSPS) is 19.2. The van der Waals surface area contributed by atoms with E-state index >= 15 is 0 Å². The van der Waals surface area contributed by atoms with E-state index in [1.54, 1.807) is 12.1 Å². The summed E-state index contributed by atoms with van der Waals surface area (Å²) in [6, 6.07) is 7.59. The van der Waals surface area contributed by atoms with Gasteiger partial charge < -0.3 is 10.1 Å². The Morgan fingerprint density at radius 3 is 2.25 bits per heavy atom. The van der Waals surface area contributed by atoms with Crippen LogP contribution in [0.15, 0.2) is 24.3 Å². The van der Waals surface area contributed by atoms with Gasteiger partial charge in [0.1, 0.15) is 5.75 Å². The minimum absolute atomic E-state index is 0.208. The molecule has 1 aromatic rings. The van der Waals surface area contributed by atoms with Crippen molar-refractivity contribution in [1.29, 1.82) is 0 Å². The van der Waals surface area contributed by atoms with Crippen LogP contribution in [0.25, 0.3) is 0 Å². The lowest BCUT2D eigenvalue weighted by atomic mass is 9.98. The molecule has 1 aromatic carbocycles. The topological polar surface area (TPSA) is 21.3 Å². The van der Waals surface area contributed by atoms with E-state index in [-0.39, 0.29) is 11.8 Å². The second kappa shape index (κ2) is 7.02. The summed E-state index contributed by atoms with van der Waals surface area (Å²) < 4.78 is 28.5. The molecule has 2 atom stereocenters. The Labute approximate surface area is 119 Å². The number of nitrogens with one attached hydrogen (secondary N) is 1. The van der Waals surface area contributed by atoms with Gasteiger partial charge in [0.25, 0.3) is 0 Å². The molecule has 1 saturated carbocycles. The summed E-state index contributed by atoms with van der Waals surface area (Å²) in [6.07, 6.45) is 5.29. The van der Waals surface area contributed by atoms with Crippen molar-refractivity contribution in [3.05, 3.63) is 29.8 Å². The fourth-order valence-electron chi connectivity index (χ4n) is 3.02. The van der Waals surface area contributed by atoms with Crippen molar-refractivity contribution < 1.29 is 13.5 Å². The zero-order chi connectivity index (χ0) is 14.5. The molecule has 1 N–H and O–H groups in total. The van der Waals surface area contributed by atoms with Crippen molar-refractivity contribution in [2.75, 3.05) is 0 Å².